The molecule has 1 saturated heterocycles. The molecule has 3 aromatic rings. The molecule has 0 aliphatic carbocycles. The average Bonchev–Trinajstić information content (AvgIpc) is 2.91. The van der Waals surface area contributed by atoms with Crippen molar-refractivity contribution in [2.75, 3.05) is 31.6 Å². The van der Waals surface area contributed by atoms with Gasteiger partial charge in [-0.25, -0.2) is 9.97 Å². The van der Waals surface area contributed by atoms with Crippen LogP contribution in [0, 0.1) is 13.8 Å². The Hall–Kier alpha value is -2.02. The first-order chi connectivity index (χ1) is 12.2. The van der Waals surface area contributed by atoms with Crippen molar-refractivity contribution in [2.24, 2.45) is 0 Å². The van der Waals surface area contributed by atoms with Gasteiger partial charge in [-0.1, -0.05) is 18.2 Å². The van der Waals surface area contributed by atoms with Crippen LogP contribution < -0.4 is 5.32 Å². The number of rotatable bonds is 4. The van der Waals surface area contributed by atoms with Gasteiger partial charge in [0.05, 0.1) is 25.1 Å². The molecule has 0 amide bonds. The van der Waals surface area contributed by atoms with Crippen molar-refractivity contribution in [1.29, 1.82) is 0 Å². The van der Waals surface area contributed by atoms with Crippen molar-refractivity contribution in [3.05, 3.63) is 46.6 Å². The number of hydrogen-bond acceptors (Lipinski definition) is 6. The fourth-order valence-corrected chi connectivity index (χ4v) is 4.12. The van der Waals surface area contributed by atoms with Gasteiger partial charge in [0.2, 0.25) is 0 Å². The van der Waals surface area contributed by atoms with Crippen LogP contribution in [0.1, 0.15) is 16.3 Å². The number of benzene rings is 1. The van der Waals surface area contributed by atoms with E-state index >= 15 is 0 Å². The highest BCUT2D eigenvalue weighted by atomic mass is 32.1. The minimum atomic E-state index is 0.763. The number of fused-ring (bicyclic) bond motifs is 1. The summed E-state index contributed by atoms with van der Waals surface area (Å²) in [6.45, 7) is 8.50. The van der Waals surface area contributed by atoms with Crippen LogP contribution in [-0.2, 0) is 11.3 Å². The fraction of sp³-hybridized carbons (Fsp3) is 0.368. The predicted molar refractivity (Wildman–Crippen MR) is 103 cm³/mol. The van der Waals surface area contributed by atoms with Gasteiger partial charge < -0.3 is 10.1 Å². The minimum absolute atomic E-state index is 0.763. The highest BCUT2D eigenvalue weighted by Crippen LogP contribution is 2.34. The number of hydrogen-bond donors (Lipinski definition) is 1. The van der Waals surface area contributed by atoms with Crippen LogP contribution in [0.3, 0.4) is 0 Å². The molecule has 1 aliphatic heterocycles. The lowest BCUT2D eigenvalue weighted by molar-refractivity contribution is 0.0331. The minimum Gasteiger partial charge on any atom is -0.379 e. The van der Waals surface area contributed by atoms with Gasteiger partial charge >= 0.3 is 0 Å². The number of ether oxygens (including phenoxy) is 1. The maximum atomic E-state index is 5.44. The maximum Gasteiger partial charge on any atom is 0.146 e. The van der Waals surface area contributed by atoms with Crippen LogP contribution in [0.4, 0.5) is 11.5 Å². The third-order valence-corrected chi connectivity index (χ3v) is 5.68. The smallest absolute Gasteiger partial charge is 0.146 e. The van der Waals surface area contributed by atoms with Crippen LogP contribution in [0.25, 0.3) is 10.2 Å². The lowest BCUT2D eigenvalue weighted by atomic mass is 10.2. The Kier molecular flexibility index (Phi) is 4.65. The second kappa shape index (κ2) is 7.07. The van der Waals surface area contributed by atoms with E-state index in [1.54, 1.807) is 11.3 Å². The van der Waals surface area contributed by atoms with Crippen molar-refractivity contribution >= 4 is 33.1 Å². The van der Waals surface area contributed by atoms with Crippen LogP contribution in [-0.4, -0.2) is 41.2 Å². The molecule has 0 spiro atoms. The molecule has 3 heterocycles. The molecule has 130 valence electrons. The van der Waals surface area contributed by atoms with E-state index in [0.717, 1.165) is 60.4 Å². The lowest BCUT2D eigenvalue weighted by Gasteiger charge is -2.25. The molecule has 2 aromatic heterocycles. The normalized spacial score (nSPS) is 15.6. The van der Waals surface area contributed by atoms with Crippen molar-refractivity contribution < 1.29 is 4.74 Å². The van der Waals surface area contributed by atoms with Crippen LogP contribution in [0.5, 0.6) is 0 Å². The highest BCUT2D eigenvalue weighted by molar-refractivity contribution is 7.18. The molecule has 5 nitrogen and oxygen atoms in total. The van der Waals surface area contributed by atoms with Crippen LogP contribution in [0.15, 0.2) is 30.3 Å². The first-order valence-electron chi connectivity index (χ1n) is 8.59. The first kappa shape index (κ1) is 16.4. The maximum absolute atomic E-state index is 5.44. The van der Waals surface area contributed by atoms with Gasteiger partial charge in [-0.3, -0.25) is 4.90 Å². The summed E-state index contributed by atoms with van der Waals surface area (Å²) in [7, 11) is 0. The molecule has 1 aliphatic rings. The summed E-state index contributed by atoms with van der Waals surface area (Å²) in [5, 5.41) is 4.63. The molecule has 6 heteroatoms. The molecule has 4 rings (SSSR count). The van der Waals surface area contributed by atoms with Gasteiger partial charge in [-0.05, 0) is 31.5 Å². The Morgan fingerprint density at radius 2 is 1.88 bits per heavy atom. The largest absolute Gasteiger partial charge is 0.379 e. The second-order valence-corrected chi connectivity index (χ2v) is 7.53. The van der Waals surface area contributed by atoms with Crippen molar-refractivity contribution in [3.63, 3.8) is 0 Å². The summed E-state index contributed by atoms with van der Waals surface area (Å²) in [4.78, 5) is 14.4. The Labute approximate surface area is 151 Å². The highest BCUT2D eigenvalue weighted by Gasteiger charge is 2.17. The van der Waals surface area contributed by atoms with Gasteiger partial charge in [0.25, 0.3) is 0 Å². The zero-order chi connectivity index (χ0) is 17.2. The van der Waals surface area contributed by atoms with E-state index < -0.39 is 0 Å². The summed E-state index contributed by atoms with van der Waals surface area (Å²) in [6.07, 6.45) is 0. The lowest BCUT2D eigenvalue weighted by Crippen LogP contribution is -2.36. The quantitative estimate of drug-likeness (QED) is 0.770. The Morgan fingerprint density at radius 3 is 2.64 bits per heavy atom. The van der Waals surface area contributed by atoms with Crippen LogP contribution >= 0.6 is 11.3 Å². The van der Waals surface area contributed by atoms with Crippen LogP contribution in [0.2, 0.25) is 0 Å². The molecule has 0 saturated carbocycles. The van der Waals surface area contributed by atoms with Gasteiger partial charge in [0.15, 0.2) is 0 Å². The standard InChI is InChI=1S/C19H22N4OS/c1-13-14(2)25-19-17(13)18(20-15-6-4-3-5-7-15)21-16(22-19)12-23-8-10-24-11-9-23/h3-7H,8-12H2,1-2H3,(H,20,21,22). The molecule has 0 atom stereocenters. The topological polar surface area (TPSA) is 50.3 Å². The number of aryl methyl sites for hydroxylation is 2. The molecular weight excluding hydrogens is 332 g/mol. The summed E-state index contributed by atoms with van der Waals surface area (Å²) in [6, 6.07) is 10.2. The van der Waals surface area contributed by atoms with E-state index in [2.05, 4.69) is 36.2 Å². The van der Waals surface area contributed by atoms with Crippen molar-refractivity contribution in [3.8, 4) is 0 Å². The Balaban J connectivity index is 1.72. The average molecular weight is 354 g/mol. The Morgan fingerprint density at radius 1 is 1.12 bits per heavy atom. The predicted octanol–water partition coefficient (Wildman–Crippen LogP) is 3.88. The first-order valence-corrected chi connectivity index (χ1v) is 9.41. The zero-order valence-electron chi connectivity index (χ0n) is 14.6. The fourth-order valence-electron chi connectivity index (χ4n) is 3.07. The second-order valence-electron chi connectivity index (χ2n) is 6.33. The molecule has 0 unspecified atom stereocenters. The Bertz CT molecular complexity index is 872. The number of nitrogens with one attached hydrogen (secondary N) is 1. The van der Waals surface area contributed by atoms with E-state index in [4.69, 9.17) is 14.7 Å². The molecule has 1 aromatic carbocycles. The monoisotopic (exact) mass is 354 g/mol. The number of para-hydroxylation sites is 1. The number of anilines is 2. The number of aromatic nitrogens is 2. The summed E-state index contributed by atoms with van der Waals surface area (Å²) in [5.74, 6) is 1.77. The SMILES string of the molecule is Cc1sc2nc(CN3CCOCC3)nc(Nc3ccccc3)c2c1C. The summed E-state index contributed by atoms with van der Waals surface area (Å²) >= 11 is 1.75. The van der Waals surface area contributed by atoms with E-state index in [1.165, 1.54) is 10.4 Å². The number of thiophene rings is 1. The van der Waals surface area contributed by atoms with Gasteiger partial charge in [-0.15, -0.1) is 11.3 Å². The molecule has 1 N–H and O–H groups in total. The third-order valence-electron chi connectivity index (χ3n) is 4.58. The van der Waals surface area contributed by atoms with Gasteiger partial charge in [0.1, 0.15) is 16.5 Å². The van der Waals surface area contributed by atoms with Gasteiger partial charge in [-0.2, -0.15) is 0 Å². The molecule has 1 fully saturated rings. The summed E-state index contributed by atoms with van der Waals surface area (Å²) < 4.78 is 5.44. The number of nitrogens with zero attached hydrogens (tertiary/aromatic N) is 3. The zero-order valence-corrected chi connectivity index (χ0v) is 15.4. The molecule has 0 bridgehead atoms. The summed E-state index contributed by atoms with van der Waals surface area (Å²) in [5.41, 5.74) is 2.31. The van der Waals surface area contributed by atoms with E-state index in [1.807, 2.05) is 18.2 Å². The molecular formula is C19H22N4OS. The third kappa shape index (κ3) is 3.51. The van der Waals surface area contributed by atoms with Gasteiger partial charge in [0, 0.05) is 23.7 Å². The van der Waals surface area contributed by atoms with Crippen molar-refractivity contribution in [2.45, 2.75) is 20.4 Å². The number of morpholine rings is 1. The van der Waals surface area contributed by atoms with E-state index in [-0.39, 0.29) is 0 Å². The molecule has 25 heavy (non-hydrogen) atoms. The molecule has 0 radical (unpaired) electrons. The van der Waals surface area contributed by atoms with E-state index in [9.17, 15) is 0 Å². The van der Waals surface area contributed by atoms with E-state index in [0.29, 0.717) is 0 Å². The van der Waals surface area contributed by atoms with Crippen molar-refractivity contribution in [1.82, 2.24) is 14.9 Å².